The molecule has 2 fully saturated rings. The van der Waals surface area contributed by atoms with Gasteiger partial charge >= 0.3 is 0 Å². The number of hydrogen-bond acceptors (Lipinski definition) is 5. The van der Waals surface area contributed by atoms with E-state index in [9.17, 15) is 19.2 Å². The van der Waals surface area contributed by atoms with E-state index in [4.69, 9.17) is 4.74 Å². The van der Waals surface area contributed by atoms with Crippen molar-refractivity contribution in [1.29, 1.82) is 0 Å². The average Bonchev–Trinajstić information content (AvgIpc) is 3.65. The molecular formula is C32H40N4O5. The van der Waals surface area contributed by atoms with Crippen LogP contribution in [0.1, 0.15) is 66.8 Å². The van der Waals surface area contributed by atoms with Crippen LogP contribution in [-0.2, 0) is 14.4 Å². The maximum absolute atomic E-state index is 13.3. The van der Waals surface area contributed by atoms with Crippen molar-refractivity contribution in [2.24, 2.45) is 5.92 Å². The van der Waals surface area contributed by atoms with Gasteiger partial charge in [-0.15, -0.1) is 0 Å². The van der Waals surface area contributed by atoms with Crippen LogP contribution in [0.5, 0.6) is 5.75 Å². The van der Waals surface area contributed by atoms with Crippen molar-refractivity contribution in [1.82, 2.24) is 20.4 Å². The standard InChI is InChI=1S/C32H40N4O5/c37-29-22-35(31(39)19-33-32(40)24-11-2-1-3-12-24)15-6-7-16-41-26-14-8-13-25(18-26)27-20-36(21-28(27)34-29)30(38)17-23-9-4-5-10-23/h1-3,8,11-14,18,23,27-28H,4-7,9-10,15-17,19-22H2,(H,33,40)(H,34,37)/t27-,28+/m1/s1. The van der Waals surface area contributed by atoms with Crippen molar-refractivity contribution < 1.29 is 23.9 Å². The molecule has 2 heterocycles. The van der Waals surface area contributed by atoms with Crippen LogP contribution in [0.3, 0.4) is 0 Å². The minimum absolute atomic E-state index is 0.0766. The van der Waals surface area contributed by atoms with Gasteiger partial charge in [0.2, 0.25) is 17.7 Å². The summed E-state index contributed by atoms with van der Waals surface area (Å²) in [7, 11) is 0. The number of carbonyl (C=O) groups excluding carboxylic acids is 4. The van der Waals surface area contributed by atoms with E-state index < -0.39 is 0 Å². The Balaban J connectivity index is 1.27. The molecule has 0 radical (unpaired) electrons. The number of nitrogens with one attached hydrogen (secondary N) is 2. The largest absolute Gasteiger partial charge is 0.494 e. The van der Waals surface area contributed by atoms with Gasteiger partial charge in [-0.05, 0) is 61.4 Å². The first-order valence-electron chi connectivity index (χ1n) is 14.9. The number of fused-ring (bicyclic) bond motifs is 4. The van der Waals surface area contributed by atoms with Crippen molar-refractivity contribution >= 4 is 23.6 Å². The molecule has 1 saturated carbocycles. The Hall–Kier alpha value is -3.88. The first-order valence-corrected chi connectivity index (χ1v) is 14.9. The lowest BCUT2D eigenvalue weighted by molar-refractivity contribution is -0.135. The molecule has 0 aromatic heterocycles. The predicted molar refractivity (Wildman–Crippen MR) is 154 cm³/mol. The molecule has 2 atom stereocenters. The molecule has 1 aliphatic carbocycles. The highest BCUT2D eigenvalue weighted by molar-refractivity contribution is 5.96. The Morgan fingerprint density at radius 1 is 0.902 bits per heavy atom. The Morgan fingerprint density at radius 2 is 1.71 bits per heavy atom. The highest BCUT2D eigenvalue weighted by atomic mass is 16.5. The van der Waals surface area contributed by atoms with Crippen LogP contribution >= 0.6 is 0 Å². The Bertz CT molecular complexity index is 1230. The molecule has 218 valence electrons. The summed E-state index contributed by atoms with van der Waals surface area (Å²) in [6.07, 6.45) is 6.53. The highest BCUT2D eigenvalue weighted by Gasteiger charge is 2.38. The molecule has 2 bridgehead atoms. The van der Waals surface area contributed by atoms with Gasteiger partial charge < -0.3 is 25.2 Å². The average molecular weight is 561 g/mol. The fraction of sp³-hybridized carbons (Fsp3) is 0.500. The van der Waals surface area contributed by atoms with Gasteiger partial charge in [0.1, 0.15) is 5.75 Å². The lowest BCUT2D eigenvalue weighted by Gasteiger charge is -2.26. The molecule has 2 aromatic rings. The van der Waals surface area contributed by atoms with E-state index in [1.807, 2.05) is 35.2 Å². The van der Waals surface area contributed by atoms with Crippen molar-refractivity contribution in [2.75, 3.05) is 39.3 Å². The Kier molecular flexibility index (Phi) is 9.54. The van der Waals surface area contributed by atoms with Gasteiger partial charge in [0, 0.05) is 37.5 Å². The Labute approximate surface area is 241 Å². The summed E-state index contributed by atoms with van der Waals surface area (Å²) in [6.45, 7) is 1.53. The van der Waals surface area contributed by atoms with Gasteiger partial charge in [0.15, 0.2) is 0 Å². The predicted octanol–water partition coefficient (Wildman–Crippen LogP) is 3.11. The third-order valence-corrected chi connectivity index (χ3v) is 8.46. The first kappa shape index (κ1) is 28.6. The Morgan fingerprint density at radius 3 is 2.51 bits per heavy atom. The summed E-state index contributed by atoms with van der Waals surface area (Å²) >= 11 is 0. The van der Waals surface area contributed by atoms with E-state index in [2.05, 4.69) is 10.6 Å². The molecular weight excluding hydrogens is 520 g/mol. The van der Waals surface area contributed by atoms with E-state index in [0.717, 1.165) is 24.2 Å². The number of rotatable bonds is 5. The number of ether oxygens (including phenoxy) is 1. The second kappa shape index (κ2) is 13.7. The zero-order valence-electron chi connectivity index (χ0n) is 23.6. The lowest BCUT2D eigenvalue weighted by atomic mass is 9.94. The summed E-state index contributed by atoms with van der Waals surface area (Å²) in [5, 5.41) is 5.81. The van der Waals surface area contributed by atoms with Gasteiger partial charge in [-0.1, -0.05) is 43.2 Å². The summed E-state index contributed by atoms with van der Waals surface area (Å²) in [5.41, 5.74) is 1.50. The summed E-state index contributed by atoms with van der Waals surface area (Å²) in [6, 6.07) is 16.4. The third kappa shape index (κ3) is 7.65. The van der Waals surface area contributed by atoms with E-state index >= 15 is 0 Å². The summed E-state index contributed by atoms with van der Waals surface area (Å²) < 4.78 is 6.02. The van der Waals surface area contributed by atoms with Crippen LogP contribution in [0, 0.1) is 5.92 Å². The van der Waals surface area contributed by atoms with Crippen LogP contribution in [0.25, 0.3) is 0 Å². The SMILES string of the molecule is O=C1CN(C(=O)CNC(=O)c2ccccc2)CCCCOc2cccc(c2)[C@H]2CN(C(=O)CC3CCCC3)C[C@@H]2N1. The maximum Gasteiger partial charge on any atom is 0.251 e. The molecule has 2 N–H and O–H groups in total. The van der Waals surface area contributed by atoms with Crippen LogP contribution in [0.2, 0.25) is 0 Å². The second-order valence-corrected chi connectivity index (χ2v) is 11.4. The first-order chi connectivity index (χ1) is 20.0. The fourth-order valence-corrected chi connectivity index (χ4v) is 6.19. The number of amides is 4. The molecule has 3 aliphatic rings. The van der Waals surface area contributed by atoms with E-state index in [-0.39, 0.29) is 48.7 Å². The van der Waals surface area contributed by atoms with Crippen LogP contribution in [-0.4, -0.2) is 78.8 Å². The molecule has 41 heavy (non-hydrogen) atoms. The molecule has 2 aliphatic heterocycles. The quantitative estimate of drug-likeness (QED) is 0.585. The molecule has 5 rings (SSSR count). The highest BCUT2D eigenvalue weighted by Crippen LogP contribution is 2.33. The normalized spacial score (nSPS) is 21.8. The minimum atomic E-state index is -0.337. The number of nitrogens with zero attached hydrogens (tertiary/aromatic N) is 2. The summed E-state index contributed by atoms with van der Waals surface area (Å²) in [4.78, 5) is 55.5. The number of likely N-dealkylation sites (tertiary alicyclic amines) is 1. The molecule has 1 saturated heterocycles. The topological polar surface area (TPSA) is 108 Å². The van der Waals surface area contributed by atoms with E-state index in [0.29, 0.717) is 57.0 Å². The monoisotopic (exact) mass is 560 g/mol. The zero-order chi connectivity index (χ0) is 28.6. The van der Waals surface area contributed by atoms with Crippen LogP contribution in [0.15, 0.2) is 54.6 Å². The summed E-state index contributed by atoms with van der Waals surface area (Å²) in [5.74, 6) is 0.363. The van der Waals surface area contributed by atoms with E-state index in [1.165, 1.54) is 17.7 Å². The van der Waals surface area contributed by atoms with Gasteiger partial charge in [-0.2, -0.15) is 0 Å². The second-order valence-electron chi connectivity index (χ2n) is 11.4. The van der Waals surface area contributed by atoms with Crippen molar-refractivity contribution in [2.45, 2.75) is 56.9 Å². The fourth-order valence-electron chi connectivity index (χ4n) is 6.19. The molecule has 0 unspecified atom stereocenters. The molecule has 9 nitrogen and oxygen atoms in total. The van der Waals surface area contributed by atoms with Gasteiger partial charge in [0.05, 0.1) is 25.7 Å². The lowest BCUT2D eigenvalue weighted by Crippen LogP contribution is -2.49. The van der Waals surface area contributed by atoms with Gasteiger partial charge in [0.25, 0.3) is 5.91 Å². The third-order valence-electron chi connectivity index (χ3n) is 8.46. The minimum Gasteiger partial charge on any atom is -0.494 e. The molecule has 9 heteroatoms. The molecule has 4 amide bonds. The van der Waals surface area contributed by atoms with Crippen molar-refractivity contribution in [3.63, 3.8) is 0 Å². The molecule has 2 aromatic carbocycles. The molecule has 0 spiro atoms. The number of carbonyl (C=O) groups is 4. The van der Waals surface area contributed by atoms with Crippen molar-refractivity contribution in [3.05, 3.63) is 65.7 Å². The van der Waals surface area contributed by atoms with Crippen LogP contribution < -0.4 is 15.4 Å². The van der Waals surface area contributed by atoms with Gasteiger partial charge in [-0.3, -0.25) is 19.2 Å². The van der Waals surface area contributed by atoms with E-state index in [1.54, 1.807) is 24.3 Å². The smallest absolute Gasteiger partial charge is 0.251 e. The number of hydrogen-bond donors (Lipinski definition) is 2. The van der Waals surface area contributed by atoms with Crippen molar-refractivity contribution in [3.8, 4) is 5.75 Å². The maximum atomic E-state index is 13.3. The van der Waals surface area contributed by atoms with Gasteiger partial charge in [-0.25, -0.2) is 0 Å². The van der Waals surface area contributed by atoms with Crippen LogP contribution in [0.4, 0.5) is 0 Å². The zero-order valence-corrected chi connectivity index (χ0v) is 23.6. The number of benzene rings is 2.